The SMILES string of the molecule is c1c[nH][c]([Sn]([CH]2CCCCC2)([CH]2CCCCC2)[CH]2CCCCC2)n1. The molecule has 0 spiro atoms. The summed E-state index contributed by atoms with van der Waals surface area (Å²) in [5.41, 5.74) is 0. The Morgan fingerprint density at radius 3 is 1.42 bits per heavy atom. The third-order valence-corrected chi connectivity index (χ3v) is 27.4. The Morgan fingerprint density at radius 2 is 1.08 bits per heavy atom. The fraction of sp³-hybridized carbons (Fsp3) is 0.857. The molecular weight excluding hydrogens is 399 g/mol. The Balaban J connectivity index is 1.77. The molecule has 3 fully saturated rings. The average molecular weight is 435 g/mol. The van der Waals surface area contributed by atoms with E-state index in [4.69, 9.17) is 4.98 Å². The number of nitrogens with one attached hydrogen (secondary N) is 1. The van der Waals surface area contributed by atoms with Gasteiger partial charge in [0.15, 0.2) is 0 Å². The van der Waals surface area contributed by atoms with Crippen LogP contribution in [0.3, 0.4) is 0 Å². The minimum absolute atomic E-state index is 1.09. The third-order valence-electron chi connectivity index (χ3n) is 7.75. The Kier molecular flexibility index (Phi) is 5.91. The Hall–Kier alpha value is 0.00870. The number of hydrogen-bond donors (Lipinski definition) is 1. The summed E-state index contributed by atoms with van der Waals surface area (Å²) in [5.74, 6) is 0. The number of hydrogen-bond acceptors (Lipinski definition) is 1. The summed E-state index contributed by atoms with van der Waals surface area (Å²) >= 11 is -2.58. The van der Waals surface area contributed by atoms with Gasteiger partial charge in [-0.25, -0.2) is 0 Å². The van der Waals surface area contributed by atoms with E-state index in [0.29, 0.717) is 0 Å². The molecule has 1 aromatic rings. The molecular formula is C21H36N2Sn. The molecule has 0 bridgehead atoms. The predicted octanol–water partition coefficient (Wildman–Crippen LogP) is 6.07. The van der Waals surface area contributed by atoms with E-state index in [9.17, 15) is 0 Å². The van der Waals surface area contributed by atoms with Gasteiger partial charge in [0.05, 0.1) is 0 Å². The van der Waals surface area contributed by atoms with Gasteiger partial charge in [-0.2, -0.15) is 0 Å². The number of imidazole rings is 1. The number of aromatic amines is 1. The summed E-state index contributed by atoms with van der Waals surface area (Å²) in [4.78, 5) is 8.80. The molecule has 1 aromatic heterocycles. The van der Waals surface area contributed by atoms with Gasteiger partial charge < -0.3 is 0 Å². The molecule has 4 rings (SSSR count). The Bertz CT molecular complexity index is 434. The second-order valence-electron chi connectivity index (χ2n) is 8.88. The molecule has 3 saturated carbocycles. The molecule has 0 unspecified atom stereocenters. The van der Waals surface area contributed by atoms with Crippen molar-refractivity contribution in [2.24, 2.45) is 0 Å². The van der Waals surface area contributed by atoms with E-state index < -0.39 is 18.4 Å². The van der Waals surface area contributed by atoms with Crippen LogP contribution in [0.15, 0.2) is 12.4 Å². The molecule has 2 nitrogen and oxygen atoms in total. The summed E-state index contributed by atoms with van der Waals surface area (Å²) in [6.07, 6.45) is 27.0. The summed E-state index contributed by atoms with van der Waals surface area (Å²) in [6.45, 7) is 0. The molecule has 3 heteroatoms. The number of nitrogens with zero attached hydrogens (tertiary/aromatic N) is 1. The number of H-pyrrole nitrogens is 1. The standard InChI is InChI=1S/3C6H11.C3H3N2.Sn/c3*1-2-4-6-5-3-1;1-2-5-3-4-1;/h3*1H,2-6H2;1-2H,(H,4,5);. The quantitative estimate of drug-likeness (QED) is 0.572. The monoisotopic (exact) mass is 436 g/mol. The second-order valence-corrected chi connectivity index (χ2v) is 22.5. The second kappa shape index (κ2) is 8.14. The molecule has 0 saturated heterocycles. The van der Waals surface area contributed by atoms with Gasteiger partial charge in [0, 0.05) is 0 Å². The molecule has 0 aromatic carbocycles. The van der Waals surface area contributed by atoms with E-state index in [1.807, 2.05) is 0 Å². The van der Waals surface area contributed by atoms with Crippen molar-refractivity contribution in [3.63, 3.8) is 0 Å². The molecule has 134 valence electrons. The van der Waals surface area contributed by atoms with Crippen molar-refractivity contribution in [2.75, 3.05) is 0 Å². The fourth-order valence-electron chi connectivity index (χ4n) is 6.82. The van der Waals surface area contributed by atoms with Crippen LogP contribution in [0.2, 0.25) is 11.8 Å². The molecule has 3 aliphatic carbocycles. The summed E-state index contributed by atoms with van der Waals surface area (Å²) in [7, 11) is 0. The van der Waals surface area contributed by atoms with Crippen LogP contribution in [0.4, 0.5) is 0 Å². The van der Waals surface area contributed by atoms with Crippen LogP contribution < -0.4 is 3.84 Å². The summed E-state index contributed by atoms with van der Waals surface area (Å²) < 4.78 is 4.86. The van der Waals surface area contributed by atoms with Gasteiger partial charge in [-0.05, 0) is 0 Å². The molecule has 0 atom stereocenters. The molecule has 3 aliphatic rings. The molecule has 0 amide bonds. The fourth-order valence-corrected chi connectivity index (χ4v) is 29.3. The Labute approximate surface area is 152 Å². The normalized spacial score (nSPS) is 25.8. The molecule has 24 heavy (non-hydrogen) atoms. The topological polar surface area (TPSA) is 28.7 Å². The van der Waals surface area contributed by atoms with Crippen molar-refractivity contribution in [3.8, 4) is 0 Å². The van der Waals surface area contributed by atoms with Gasteiger partial charge >= 0.3 is 153 Å². The first-order chi connectivity index (χ1) is 11.9. The van der Waals surface area contributed by atoms with Crippen molar-refractivity contribution in [2.45, 2.75) is 108 Å². The van der Waals surface area contributed by atoms with Crippen LogP contribution >= 0.6 is 0 Å². The zero-order chi connectivity index (χ0) is 16.2. The van der Waals surface area contributed by atoms with Gasteiger partial charge in [0.2, 0.25) is 0 Å². The first kappa shape index (κ1) is 17.4. The van der Waals surface area contributed by atoms with Crippen molar-refractivity contribution in [1.82, 2.24) is 9.97 Å². The number of rotatable bonds is 4. The Morgan fingerprint density at radius 1 is 0.667 bits per heavy atom. The van der Waals surface area contributed by atoms with Crippen LogP contribution in [0, 0.1) is 0 Å². The zero-order valence-corrected chi connectivity index (χ0v) is 18.3. The van der Waals surface area contributed by atoms with Crippen LogP contribution in [-0.4, -0.2) is 28.3 Å². The summed E-state index contributed by atoms with van der Waals surface area (Å²) in [5, 5.41) is 0. The van der Waals surface area contributed by atoms with Crippen molar-refractivity contribution >= 4 is 22.2 Å². The molecule has 1 heterocycles. The molecule has 0 radical (unpaired) electrons. The van der Waals surface area contributed by atoms with Gasteiger partial charge in [-0.15, -0.1) is 0 Å². The molecule has 0 aliphatic heterocycles. The zero-order valence-electron chi connectivity index (χ0n) is 15.4. The van der Waals surface area contributed by atoms with E-state index in [0.717, 1.165) is 11.8 Å². The van der Waals surface area contributed by atoms with Crippen molar-refractivity contribution in [3.05, 3.63) is 12.4 Å². The van der Waals surface area contributed by atoms with Gasteiger partial charge in [-0.3, -0.25) is 0 Å². The first-order valence-corrected chi connectivity index (χ1v) is 17.3. The summed E-state index contributed by atoms with van der Waals surface area (Å²) in [6, 6.07) is 0. The van der Waals surface area contributed by atoms with Gasteiger partial charge in [0.25, 0.3) is 0 Å². The van der Waals surface area contributed by atoms with Crippen molar-refractivity contribution < 1.29 is 0 Å². The van der Waals surface area contributed by atoms with Gasteiger partial charge in [0.1, 0.15) is 0 Å². The van der Waals surface area contributed by atoms with E-state index in [1.165, 1.54) is 57.8 Å². The van der Waals surface area contributed by atoms with Crippen LogP contribution in [0.25, 0.3) is 0 Å². The van der Waals surface area contributed by atoms with E-state index in [-0.39, 0.29) is 0 Å². The van der Waals surface area contributed by atoms with Crippen LogP contribution in [0.1, 0.15) is 96.3 Å². The van der Waals surface area contributed by atoms with Crippen LogP contribution in [0.5, 0.6) is 0 Å². The van der Waals surface area contributed by atoms with E-state index >= 15 is 0 Å². The third kappa shape index (κ3) is 3.21. The average Bonchev–Trinajstić information content (AvgIpc) is 3.20. The number of aromatic nitrogens is 2. The maximum absolute atomic E-state index is 5.05. The van der Waals surface area contributed by atoms with E-state index in [1.54, 1.807) is 42.4 Å². The van der Waals surface area contributed by atoms with Gasteiger partial charge in [-0.1, -0.05) is 0 Å². The first-order valence-electron chi connectivity index (χ1n) is 10.9. The van der Waals surface area contributed by atoms with Crippen molar-refractivity contribution in [1.29, 1.82) is 0 Å². The molecule has 1 N–H and O–H groups in total. The minimum atomic E-state index is -2.58. The maximum atomic E-state index is 5.05. The van der Waals surface area contributed by atoms with E-state index in [2.05, 4.69) is 17.4 Å². The van der Waals surface area contributed by atoms with Crippen LogP contribution in [-0.2, 0) is 0 Å². The predicted molar refractivity (Wildman–Crippen MR) is 104 cm³/mol.